The Hall–Kier alpha value is -2.10. The van der Waals surface area contributed by atoms with Gasteiger partial charge in [0.2, 0.25) is 5.91 Å². The Balaban J connectivity index is 1.95. The molecular formula is C17H21NO3. The van der Waals surface area contributed by atoms with Gasteiger partial charge in [0.05, 0.1) is 5.41 Å². The average Bonchev–Trinajstić information content (AvgIpc) is 2.45. The molecule has 21 heavy (non-hydrogen) atoms. The second-order valence-corrected chi connectivity index (χ2v) is 5.94. The third kappa shape index (κ3) is 3.72. The van der Waals surface area contributed by atoms with Crippen LogP contribution in [0.25, 0.3) is 6.08 Å². The molecule has 0 aliphatic carbocycles. The van der Waals surface area contributed by atoms with E-state index in [1.807, 2.05) is 31.2 Å². The minimum absolute atomic E-state index is 0.0519. The number of carboxylic acids is 1. The van der Waals surface area contributed by atoms with Crippen molar-refractivity contribution in [2.45, 2.75) is 26.7 Å². The Labute approximate surface area is 125 Å². The van der Waals surface area contributed by atoms with Crippen LogP contribution in [0.1, 0.15) is 30.9 Å². The zero-order chi connectivity index (χ0) is 15.5. The number of carboxylic acid groups (broad SMARTS) is 1. The number of hydrogen-bond acceptors (Lipinski definition) is 2. The maximum atomic E-state index is 12.1. The summed E-state index contributed by atoms with van der Waals surface area (Å²) in [6.45, 7) is 4.76. The quantitative estimate of drug-likeness (QED) is 0.870. The summed E-state index contributed by atoms with van der Waals surface area (Å²) in [6.07, 6.45) is 4.39. The molecule has 2 rings (SSSR count). The van der Waals surface area contributed by atoms with Crippen molar-refractivity contribution < 1.29 is 14.7 Å². The lowest BCUT2D eigenvalue weighted by Gasteiger charge is -2.35. The van der Waals surface area contributed by atoms with Gasteiger partial charge in [0.15, 0.2) is 0 Å². The Kier molecular flexibility index (Phi) is 4.46. The number of hydrogen-bond donors (Lipinski definition) is 1. The summed E-state index contributed by atoms with van der Waals surface area (Å²) in [4.78, 5) is 25.0. The maximum Gasteiger partial charge on any atom is 0.309 e. The van der Waals surface area contributed by atoms with Gasteiger partial charge in [-0.15, -0.1) is 0 Å². The van der Waals surface area contributed by atoms with Crippen molar-refractivity contribution in [1.82, 2.24) is 4.90 Å². The van der Waals surface area contributed by atoms with E-state index >= 15 is 0 Å². The first kappa shape index (κ1) is 15.3. The molecule has 4 nitrogen and oxygen atoms in total. The highest BCUT2D eigenvalue weighted by molar-refractivity contribution is 5.92. The number of nitrogens with zero attached hydrogens (tertiary/aromatic N) is 1. The van der Waals surface area contributed by atoms with E-state index in [4.69, 9.17) is 0 Å². The van der Waals surface area contributed by atoms with Gasteiger partial charge in [0, 0.05) is 19.2 Å². The Morgan fingerprint density at radius 1 is 1.29 bits per heavy atom. The number of amides is 1. The normalized spacial score (nSPS) is 17.9. The summed E-state index contributed by atoms with van der Waals surface area (Å²) in [5, 5.41) is 9.18. The van der Waals surface area contributed by atoms with E-state index < -0.39 is 11.4 Å². The molecule has 1 aromatic carbocycles. The van der Waals surface area contributed by atoms with E-state index in [0.29, 0.717) is 25.9 Å². The van der Waals surface area contributed by atoms with Gasteiger partial charge in [-0.1, -0.05) is 29.8 Å². The largest absolute Gasteiger partial charge is 0.481 e. The second kappa shape index (κ2) is 6.12. The zero-order valence-electron chi connectivity index (χ0n) is 12.5. The van der Waals surface area contributed by atoms with Crippen LogP contribution in [0, 0.1) is 12.3 Å². The van der Waals surface area contributed by atoms with Gasteiger partial charge in [-0.25, -0.2) is 0 Å². The topological polar surface area (TPSA) is 57.6 Å². The lowest BCUT2D eigenvalue weighted by atomic mass is 9.80. The first-order valence-electron chi connectivity index (χ1n) is 7.18. The van der Waals surface area contributed by atoms with Gasteiger partial charge in [0.1, 0.15) is 0 Å². The van der Waals surface area contributed by atoms with Gasteiger partial charge in [-0.2, -0.15) is 0 Å². The number of benzene rings is 1. The first-order valence-corrected chi connectivity index (χ1v) is 7.18. The molecule has 1 aliphatic heterocycles. The van der Waals surface area contributed by atoms with Gasteiger partial charge in [-0.3, -0.25) is 9.59 Å². The van der Waals surface area contributed by atoms with Crippen molar-refractivity contribution in [2.24, 2.45) is 5.41 Å². The molecule has 1 heterocycles. The fourth-order valence-electron chi connectivity index (χ4n) is 2.48. The summed E-state index contributed by atoms with van der Waals surface area (Å²) >= 11 is 0. The minimum Gasteiger partial charge on any atom is -0.481 e. The Bertz CT molecular complexity index is 569. The highest BCUT2D eigenvalue weighted by Gasteiger charge is 2.37. The standard InChI is InChI=1S/C17H21NO3/c1-13-4-3-5-14(12-13)6-7-15(19)18-10-8-17(2,9-11-18)16(20)21/h3-7,12H,8-11H2,1-2H3,(H,20,21). The fraction of sp³-hybridized carbons (Fsp3) is 0.412. The Morgan fingerprint density at radius 2 is 1.95 bits per heavy atom. The van der Waals surface area contributed by atoms with Crippen molar-refractivity contribution in [3.05, 3.63) is 41.5 Å². The van der Waals surface area contributed by atoms with Crippen molar-refractivity contribution in [3.8, 4) is 0 Å². The molecule has 1 aromatic rings. The molecule has 4 heteroatoms. The highest BCUT2D eigenvalue weighted by atomic mass is 16.4. The third-order valence-corrected chi connectivity index (χ3v) is 4.16. The summed E-state index contributed by atoms with van der Waals surface area (Å²) < 4.78 is 0. The number of aryl methyl sites for hydroxylation is 1. The van der Waals surface area contributed by atoms with Crippen molar-refractivity contribution in [1.29, 1.82) is 0 Å². The fourth-order valence-corrected chi connectivity index (χ4v) is 2.48. The number of carbonyl (C=O) groups is 2. The lowest BCUT2D eigenvalue weighted by molar-refractivity contribution is -0.152. The monoisotopic (exact) mass is 287 g/mol. The number of carbonyl (C=O) groups excluding carboxylic acids is 1. The molecule has 1 saturated heterocycles. The van der Waals surface area contributed by atoms with Crippen LogP contribution in [-0.4, -0.2) is 35.0 Å². The number of piperidine rings is 1. The maximum absolute atomic E-state index is 12.1. The molecule has 0 aromatic heterocycles. The van der Waals surface area contributed by atoms with Crippen LogP contribution in [0.15, 0.2) is 30.3 Å². The second-order valence-electron chi connectivity index (χ2n) is 5.94. The lowest BCUT2D eigenvalue weighted by Crippen LogP contribution is -2.44. The van der Waals surface area contributed by atoms with Crippen LogP contribution in [-0.2, 0) is 9.59 Å². The van der Waals surface area contributed by atoms with Gasteiger partial charge in [0.25, 0.3) is 0 Å². The average molecular weight is 287 g/mol. The van der Waals surface area contributed by atoms with Gasteiger partial charge >= 0.3 is 5.97 Å². The molecule has 0 spiro atoms. The van der Waals surface area contributed by atoms with E-state index in [9.17, 15) is 14.7 Å². The number of rotatable bonds is 3. The third-order valence-electron chi connectivity index (χ3n) is 4.16. The number of aliphatic carboxylic acids is 1. The van der Waals surface area contributed by atoms with Crippen LogP contribution in [0.4, 0.5) is 0 Å². The van der Waals surface area contributed by atoms with Crippen molar-refractivity contribution in [2.75, 3.05) is 13.1 Å². The smallest absolute Gasteiger partial charge is 0.309 e. The summed E-state index contributed by atoms with van der Waals surface area (Å²) in [7, 11) is 0. The van der Waals surface area contributed by atoms with E-state index in [1.54, 1.807) is 24.0 Å². The molecule has 1 amide bonds. The first-order chi connectivity index (χ1) is 9.90. The molecule has 0 atom stereocenters. The van der Waals surface area contributed by atoms with Crippen LogP contribution in [0.3, 0.4) is 0 Å². The molecule has 0 saturated carbocycles. The molecule has 0 radical (unpaired) electrons. The summed E-state index contributed by atoms with van der Waals surface area (Å²) in [5.41, 5.74) is 1.45. The van der Waals surface area contributed by atoms with E-state index in [1.165, 1.54) is 0 Å². The molecular weight excluding hydrogens is 266 g/mol. The molecule has 1 fully saturated rings. The SMILES string of the molecule is Cc1cccc(C=CC(=O)N2CCC(C)(C(=O)O)CC2)c1. The molecule has 0 unspecified atom stereocenters. The van der Waals surface area contributed by atoms with Crippen LogP contribution in [0.2, 0.25) is 0 Å². The van der Waals surface area contributed by atoms with E-state index in [-0.39, 0.29) is 5.91 Å². The predicted molar refractivity (Wildman–Crippen MR) is 81.8 cm³/mol. The van der Waals surface area contributed by atoms with Crippen molar-refractivity contribution >= 4 is 18.0 Å². The van der Waals surface area contributed by atoms with Crippen LogP contribution < -0.4 is 0 Å². The van der Waals surface area contributed by atoms with E-state index in [0.717, 1.165) is 11.1 Å². The minimum atomic E-state index is -0.773. The number of likely N-dealkylation sites (tertiary alicyclic amines) is 1. The molecule has 112 valence electrons. The molecule has 0 bridgehead atoms. The Morgan fingerprint density at radius 3 is 2.52 bits per heavy atom. The van der Waals surface area contributed by atoms with Crippen molar-refractivity contribution in [3.63, 3.8) is 0 Å². The molecule has 1 N–H and O–H groups in total. The summed E-state index contributed by atoms with van der Waals surface area (Å²) in [6, 6.07) is 7.94. The predicted octanol–water partition coefficient (Wildman–Crippen LogP) is 2.72. The van der Waals surface area contributed by atoms with E-state index in [2.05, 4.69) is 0 Å². The zero-order valence-corrected chi connectivity index (χ0v) is 12.5. The molecule has 1 aliphatic rings. The van der Waals surface area contributed by atoms with Crippen LogP contribution >= 0.6 is 0 Å². The highest BCUT2D eigenvalue weighted by Crippen LogP contribution is 2.31. The van der Waals surface area contributed by atoms with Crippen LogP contribution in [0.5, 0.6) is 0 Å². The van der Waals surface area contributed by atoms with Gasteiger partial charge in [-0.05, 0) is 38.3 Å². The van der Waals surface area contributed by atoms with Gasteiger partial charge < -0.3 is 10.0 Å². The summed E-state index contributed by atoms with van der Waals surface area (Å²) in [5.74, 6) is -0.825.